The van der Waals surface area contributed by atoms with Crippen LogP contribution >= 0.6 is 0 Å². The van der Waals surface area contributed by atoms with Gasteiger partial charge in [-0.3, -0.25) is 0 Å². The van der Waals surface area contributed by atoms with E-state index in [9.17, 15) is 0 Å². The summed E-state index contributed by atoms with van der Waals surface area (Å²) in [6.45, 7) is 2.76. The van der Waals surface area contributed by atoms with Crippen molar-refractivity contribution in [1.82, 2.24) is 9.55 Å². The molecule has 0 atom stereocenters. The van der Waals surface area contributed by atoms with Crippen molar-refractivity contribution in [3.8, 4) is 12.3 Å². The third-order valence-electron chi connectivity index (χ3n) is 3.24. The van der Waals surface area contributed by atoms with E-state index in [4.69, 9.17) is 12.2 Å². The van der Waals surface area contributed by atoms with Crippen molar-refractivity contribution in [2.45, 2.75) is 64.8 Å². The third-order valence-corrected chi connectivity index (χ3v) is 3.24. The van der Waals surface area contributed by atoms with Gasteiger partial charge in [0.25, 0.3) is 0 Å². The number of hydrogen-bond acceptors (Lipinski definition) is 2. The van der Waals surface area contributed by atoms with Crippen molar-refractivity contribution in [3.63, 3.8) is 0 Å². The molecule has 0 spiro atoms. The van der Waals surface area contributed by atoms with Crippen LogP contribution < -0.4 is 5.73 Å². The number of unbranched alkanes of at least 4 members (excludes halogenated alkanes) is 6. The van der Waals surface area contributed by atoms with Gasteiger partial charge in [-0.25, -0.2) is 4.98 Å². The Balaban J connectivity index is 2.18. The standard InChI is InChI=1S/C15H25N3/c1-3-5-6-7-8-9-10-11-14-15(16)18(12-4-2)13-17-14/h2,13H,3,5-12,16H2,1H3. The van der Waals surface area contributed by atoms with Gasteiger partial charge in [-0.2, -0.15) is 0 Å². The van der Waals surface area contributed by atoms with Gasteiger partial charge in [0.1, 0.15) is 5.82 Å². The second-order valence-corrected chi connectivity index (χ2v) is 4.78. The van der Waals surface area contributed by atoms with E-state index in [0.29, 0.717) is 6.54 Å². The van der Waals surface area contributed by atoms with Gasteiger partial charge in [0, 0.05) is 0 Å². The Morgan fingerprint density at radius 1 is 1.22 bits per heavy atom. The van der Waals surface area contributed by atoms with Gasteiger partial charge in [-0.1, -0.05) is 51.4 Å². The minimum Gasteiger partial charge on any atom is -0.384 e. The van der Waals surface area contributed by atoms with Crippen LogP contribution in [-0.4, -0.2) is 9.55 Å². The monoisotopic (exact) mass is 247 g/mol. The lowest BCUT2D eigenvalue weighted by molar-refractivity contribution is 0.588. The maximum absolute atomic E-state index is 5.97. The van der Waals surface area contributed by atoms with E-state index >= 15 is 0 Å². The Labute approximate surface area is 111 Å². The first-order valence-electron chi connectivity index (χ1n) is 7.02. The van der Waals surface area contributed by atoms with Crippen molar-refractivity contribution in [3.05, 3.63) is 12.0 Å². The molecular formula is C15H25N3. The summed E-state index contributed by atoms with van der Waals surface area (Å²) in [4.78, 5) is 4.32. The van der Waals surface area contributed by atoms with E-state index in [0.717, 1.165) is 17.9 Å². The summed E-state index contributed by atoms with van der Waals surface area (Å²) in [5.41, 5.74) is 6.97. The molecule has 1 aromatic heterocycles. The lowest BCUT2D eigenvalue weighted by atomic mass is 10.1. The highest BCUT2D eigenvalue weighted by molar-refractivity contribution is 5.36. The highest BCUT2D eigenvalue weighted by atomic mass is 15.1. The fraction of sp³-hybridized carbons (Fsp3) is 0.667. The summed E-state index contributed by atoms with van der Waals surface area (Å²) in [7, 11) is 0. The van der Waals surface area contributed by atoms with Gasteiger partial charge in [-0.05, 0) is 12.8 Å². The molecule has 1 aromatic rings. The first-order chi connectivity index (χ1) is 8.79. The van der Waals surface area contributed by atoms with E-state index < -0.39 is 0 Å². The summed E-state index contributed by atoms with van der Waals surface area (Å²) in [6, 6.07) is 0. The number of hydrogen-bond donors (Lipinski definition) is 1. The minimum absolute atomic E-state index is 0.510. The minimum atomic E-state index is 0.510. The summed E-state index contributed by atoms with van der Waals surface area (Å²) in [5.74, 6) is 3.31. The van der Waals surface area contributed by atoms with Crippen LogP contribution in [0.4, 0.5) is 5.82 Å². The number of terminal acetylenes is 1. The zero-order chi connectivity index (χ0) is 13.2. The highest BCUT2D eigenvalue weighted by Crippen LogP contribution is 2.14. The molecule has 0 aliphatic heterocycles. The van der Waals surface area contributed by atoms with Crippen molar-refractivity contribution < 1.29 is 0 Å². The Kier molecular flexibility index (Phi) is 7.01. The molecule has 0 saturated heterocycles. The predicted molar refractivity (Wildman–Crippen MR) is 77.2 cm³/mol. The smallest absolute Gasteiger partial charge is 0.127 e. The van der Waals surface area contributed by atoms with Crippen molar-refractivity contribution in [2.24, 2.45) is 0 Å². The van der Waals surface area contributed by atoms with Crippen LogP contribution in [0.25, 0.3) is 0 Å². The normalized spacial score (nSPS) is 10.4. The molecule has 1 heterocycles. The van der Waals surface area contributed by atoms with Crippen molar-refractivity contribution in [1.29, 1.82) is 0 Å². The largest absolute Gasteiger partial charge is 0.384 e. The highest BCUT2D eigenvalue weighted by Gasteiger charge is 2.05. The Morgan fingerprint density at radius 2 is 1.89 bits per heavy atom. The van der Waals surface area contributed by atoms with Crippen LogP contribution in [-0.2, 0) is 13.0 Å². The number of aromatic nitrogens is 2. The van der Waals surface area contributed by atoms with E-state index in [1.807, 2.05) is 4.57 Å². The number of nitrogens with two attached hydrogens (primary N) is 1. The second-order valence-electron chi connectivity index (χ2n) is 4.78. The molecule has 0 radical (unpaired) electrons. The van der Waals surface area contributed by atoms with Crippen LogP contribution in [0.1, 0.15) is 57.6 Å². The maximum atomic E-state index is 5.97. The number of rotatable bonds is 9. The van der Waals surface area contributed by atoms with E-state index in [2.05, 4.69) is 17.8 Å². The average molecular weight is 247 g/mol. The number of anilines is 1. The van der Waals surface area contributed by atoms with E-state index in [1.165, 1.54) is 44.9 Å². The zero-order valence-electron chi connectivity index (χ0n) is 11.5. The first kappa shape index (κ1) is 14.6. The lowest BCUT2D eigenvalue weighted by Crippen LogP contribution is -2.02. The predicted octanol–water partition coefficient (Wildman–Crippen LogP) is 3.39. The SMILES string of the molecule is C#CCn1cnc(CCCCCCCCC)c1N. The van der Waals surface area contributed by atoms with Crippen LogP contribution in [0.15, 0.2) is 6.33 Å². The van der Waals surface area contributed by atoms with Gasteiger partial charge >= 0.3 is 0 Å². The topological polar surface area (TPSA) is 43.8 Å². The summed E-state index contributed by atoms with van der Waals surface area (Å²) in [5, 5.41) is 0. The number of imidazole rings is 1. The number of nitrogens with zero attached hydrogens (tertiary/aromatic N) is 2. The summed E-state index contributed by atoms with van der Waals surface area (Å²) in [6.07, 6.45) is 17.1. The Hall–Kier alpha value is -1.43. The lowest BCUT2D eigenvalue weighted by Gasteiger charge is -2.02. The number of nitrogen functional groups attached to an aromatic ring is 1. The van der Waals surface area contributed by atoms with Gasteiger partial charge in [0.2, 0.25) is 0 Å². The molecule has 18 heavy (non-hydrogen) atoms. The molecule has 100 valence electrons. The van der Waals surface area contributed by atoms with Gasteiger partial charge in [0.15, 0.2) is 0 Å². The number of aryl methyl sites for hydroxylation is 1. The molecule has 3 heteroatoms. The van der Waals surface area contributed by atoms with Crippen LogP contribution in [0, 0.1) is 12.3 Å². The molecular weight excluding hydrogens is 222 g/mol. The summed E-state index contributed by atoms with van der Waals surface area (Å²) >= 11 is 0. The Bertz CT molecular complexity index is 374. The van der Waals surface area contributed by atoms with Crippen molar-refractivity contribution >= 4 is 5.82 Å². The fourth-order valence-electron chi connectivity index (χ4n) is 2.10. The molecule has 2 N–H and O–H groups in total. The molecule has 0 aliphatic carbocycles. The third kappa shape index (κ3) is 4.83. The molecule has 0 fully saturated rings. The second kappa shape index (κ2) is 8.63. The van der Waals surface area contributed by atoms with Gasteiger partial charge < -0.3 is 10.3 Å². The van der Waals surface area contributed by atoms with Crippen LogP contribution in [0.2, 0.25) is 0 Å². The maximum Gasteiger partial charge on any atom is 0.127 e. The van der Waals surface area contributed by atoms with Gasteiger partial charge in [0.05, 0.1) is 18.6 Å². The van der Waals surface area contributed by atoms with Crippen LogP contribution in [0.5, 0.6) is 0 Å². The molecule has 3 nitrogen and oxygen atoms in total. The molecule has 1 rings (SSSR count). The quantitative estimate of drug-likeness (QED) is 0.537. The molecule has 0 bridgehead atoms. The van der Waals surface area contributed by atoms with E-state index in [-0.39, 0.29) is 0 Å². The first-order valence-corrected chi connectivity index (χ1v) is 7.02. The fourth-order valence-corrected chi connectivity index (χ4v) is 2.10. The van der Waals surface area contributed by atoms with E-state index in [1.54, 1.807) is 6.33 Å². The molecule has 0 saturated carbocycles. The average Bonchev–Trinajstić information content (AvgIpc) is 2.71. The Morgan fingerprint density at radius 3 is 2.56 bits per heavy atom. The van der Waals surface area contributed by atoms with Gasteiger partial charge in [-0.15, -0.1) is 6.42 Å². The summed E-state index contributed by atoms with van der Waals surface area (Å²) < 4.78 is 1.83. The molecule has 0 amide bonds. The van der Waals surface area contributed by atoms with Crippen LogP contribution in [0.3, 0.4) is 0 Å². The molecule has 0 aromatic carbocycles. The zero-order valence-corrected chi connectivity index (χ0v) is 11.5. The molecule has 0 aliphatic rings. The molecule has 0 unspecified atom stereocenters. The van der Waals surface area contributed by atoms with Crippen molar-refractivity contribution in [2.75, 3.05) is 5.73 Å².